The standard InChI is InChI=1S/C17H32N4O7/c1-17(2,3)28-16(23)21(4)14(12-26-9-7-19-20-18)13-27-11-10-25-8-6-15(22)24-5/h14H,6-13H2,1-5H3. The molecule has 0 saturated carbocycles. The largest absolute Gasteiger partial charge is 0.469 e. The van der Waals surface area contributed by atoms with Crippen LogP contribution in [-0.4, -0.2) is 88.9 Å². The first-order valence-corrected chi connectivity index (χ1v) is 8.98. The van der Waals surface area contributed by atoms with Gasteiger partial charge in [0.05, 0.1) is 59.2 Å². The van der Waals surface area contributed by atoms with Gasteiger partial charge < -0.3 is 28.6 Å². The van der Waals surface area contributed by atoms with E-state index in [4.69, 9.17) is 24.5 Å². The maximum Gasteiger partial charge on any atom is 0.410 e. The lowest BCUT2D eigenvalue weighted by molar-refractivity contribution is -0.141. The van der Waals surface area contributed by atoms with Crippen LogP contribution in [0.4, 0.5) is 4.79 Å². The lowest BCUT2D eigenvalue weighted by Crippen LogP contribution is -2.45. The van der Waals surface area contributed by atoms with E-state index < -0.39 is 17.7 Å². The van der Waals surface area contributed by atoms with Crippen LogP contribution in [0.5, 0.6) is 0 Å². The Morgan fingerprint density at radius 3 is 2.25 bits per heavy atom. The number of ether oxygens (including phenoxy) is 5. The molecule has 0 aliphatic heterocycles. The number of carbonyl (C=O) groups is 2. The molecule has 1 unspecified atom stereocenters. The van der Waals surface area contributed by atoms with Gasteiger partial charge in [-0.15, -0.1) is 0 Å². The Hall–Kier alpha value is -2.07. The Bertz CT molecular complexity index is 504. The quantitative estimate of drug-likeness (QED) is 0.142. The van der Waals surface area contributed by atoms with Crippen LogP contribution in [0.3, 0.4) is 0 Å². The van der Waals surface area contributed by atoms with Crippen molar-refractivity contribution >= 4 is 12.1 Å². The molecule has 0 aromatic heterocycles. The van der Waals surface area contributed by atoms with Crippen LogP contribution in [0.25, 0.3) is 10.4 Å². The third-order valence-electron chi connectivity index (χ3n) is 3.30. The van der Waals surface area contributed by atoms with Gasteiger partial charge in [0, 0.05) is 18.5 Å². The van der Waals surface area contributed by atoms with Crippen molar-refractivity contribution in [3.05, 3.63) is 10.4 Å². The molecule has 11 nitrogen and oxygen atoms in total. The molecule has 1 amide bonds. The number of amides is 1. The van der Waals surface area contributed by atoms with Crippen molar-refractivity contribution in [3.63, 3.8) is 0 Å². The molecule has 0 heterocycles. The second-order valence-corrected chi connectivity index (χ2v) is 6.79. The summed E-state index contributed by atoms with van der Waals surface area (Å²) >= 11 is 0. The Kier molecular flexibility index (Phi) is 13.8. The summed E-state index contributed by atoms with van der Waals surface area (Å²) in [5.41, 5.74) is 7.65. The van der Waals surface area contributed by atoms with Crippen molar-refractivity contribution in [3.8, 4) is 0 Å². The molecule has 0 N–H and O–H groups in total. The molecule has 0 aromatic rings. The second-order valence-electron chi connectivity index (χ2n) is 6.79. The zero-order valence-corrected chi connectivity index (χ0v) is 17.4. The van der Waals surface area contributed by atoms with Crippen LogP contribution < -0.4 is 0 Å². The van der Waals surface area contributed by atoms with E-state index in [0.717, 1.165) is 0 Å². The van der Waals surface area contributed by atoms with Gasteiger partial charge in [-0.1, -0.05) is 5.11 Å². The average molecular weight is 404 g/mol. The highest BCUT2D eigenvalue weighted by Crippen LogP contribution is 2.11. The summed E-state index contributed by atoms with van der Waals surface area (Å²) in [4.78, 5) is 27.3. The van der Waals surface area contributed by atoms with E-state index in [2.05, 4.69) is 14.8 Å². The van der Waals surface area contributed by atoms with E-state index in [1.807, 2.05) is 0 Å². The van der Waals surface area contributed by atoms with Gasteiger partial charge in [0.25, 0.3) is 0 Å². The van der Waals surface area contributed by atoms with E-state index in [-0.39, 0.29) is 45.4 Å². The van der Waals surface area contributed by atoms with Crippen molar-refractivity contribution in [1.29, 1.82) is 0 Å². The molecule has 0 saturated heterocycles. The van der Waals surface area contributed by atoms with Gasteiger partial charge in [-0.05, 0) is 26.3 Å². The molecular weight excluding hydrogens is 372 g/mol. The molecule has 1 atom stereocenters. The molecule has 0 rings (SSSR count). The summed E-state index contributed by atoms with van der Waals surface area (Å²) in [5.74, 6) is -0.335. The summed E-state index contributed by atoms with van der Waals surface area (Å²) in [7, 11) is 2.92. The monoisotopic (exact) mass is 404 g/mol. The summed E-state index contributed by atoms with van der Waals surface area (Å²) in [6.07, 6.45) is -0.312. The van der Waals surface area contributed by atoms with E-state index in [1.54, 1.807) is 27.8 Å². The van der Waals surface area contributed by atoms with Gasteiger partial charge in [-0.25, -0.2) is 4.79 Å². The smallest absolute Gasteiger partial charge is 0.410 e. The fourth-order valence-corrected chi connectivity index (χ4v) is 1.82. The third kappa shape index (κ3) is 14.0. The van der Waals surface area contributed by atoms with E-state index >= 15 is 0 Å². The SMILES string of the molecule is COC(=O)CCOCCOCC(COCCN=[N+]=[N-])N(C)C(=O)OC(C)(C)C. The van der Waals surface area contributed by atoms with Crippen LogP contribution in [0, 0.1) is 0 Å². The van der Waals surface area contributed by atoms with E-state index in [9.17, 15) is 9.59 Å². The lowest BCUT2D eigenvalue weighted by Gasteiger charge is -2.30. The first-order valence-electron chi connectivity index (χ1n) is 8.98. The second kappa shape index (κ2) is 14.9. The molecule has 0 fully saturated rings. The average Bonchev–Trinajstić information content (AvgIpc) is 2.63. The van der Waals surface area contributed by atoms with Crippen LogP contribution >= 0.6 is 0 Å². The Balaban J connectivity index is 4.37. The third-order valence-corrected chi connectivity index (χ3v) is 3.30. The number of rotatable bonds is 14. The first kappa shape index (κ1) is 25.9. The number of azide groups is 1. The highest BCUT2D eigenvalue weighted by Gasteiger charge is 2.25. The van der Waals surface area contributed by atoms with Crippen LogP contribution in [0.1, 0.15) is 27.2 Å². The molecule has 0 aliphatic rings. The van der Waals surface area contributed by atoms with Gasteiger partial charge in [-0.2, -0.15) is 0 Å². The minimum Gasteiger partial charge on any atom is -0.469 e. The Morgan fingerprint density at radius 1 is 1.07 bits per heavy atom. The van der Waals surface area contributed by atoms with Gasteiger partial charge in [0.2, 0.25) is 0 Å². The number of hydrogen-bond donors (Lipinski definition) is 0. The van der Waals surface area contributed by atoms with E-state index in [0.29, 0.717) is 13.2 Å². The van der Waals surface area contributed by atoms with E-state index in [1.165, 1.54) is 12.0 Å². The predicted molar refractivity (Wildman–Crippen MR) is 101 cm³/mol. The fraction of sp³-hybridized carbons (Fsp3) is 0.882. The number of nitrogens with zero attached hydrogens (tertiary/aromatic N) is 4. The number of likely N-dealkylation sites (N-methyl/N-ethyl adjacent to an activating group) is 1. The van der Waals surface area contributed by atoms with Crippen molar-refractivity contribution in [2.45, 2.75) is 38.8 Å². The zero-order chi connectivity index (χ0) is 21.4. The van der Waals surface area contributed by atoms with Crippen molar-refractivity contribution in [2.24, 2.45) is 5.11 Å². The van der Waals surface area contributed by atoms with Gasteiger partial charge in [-0.3, -0.25) is 4.79 Å². The zero-order valence-electron chi connectivity index (χ0n) is 17.4. The lowest BCUT2D eigenvalue weighted by atomic mass is 10.2. The van der Waals surface area contributed by atoms with Crippen molar-refractivity contribution in [2.75, 3.05) is 60.3 Å². The number of hydrogen-bond acceptors (Lipinski definition) is 8. The van der Waals surface area contributed by atoms with Crippen LogP contribution in [0.2, 0.25) is 0 Å². The maximum atomic E-state index is 12.3. The Labute approximate surface area is 165 Å². The maximum absolute atomic E-state index is 12.3. The number of esters is 1. The molecule has 0 bridgehead atoms. The summed E-state index contributed by atoms with van der Waals surface area (Å²) in [5, 5.41) is 3.39. The van der Waals surface area contributed by atoms with Gasteiger partial charge in [0.15, 0.2) is 0 Å². The molecule has 162 valence electrons. The minimum absolute atomic E-state index is 0.180. The molecule has 0 spiro atoms. The highest BCUT2D eigenvalue weighted by molar-refractivity contribution is 5.69. The fourth-order valence-electron chi connectivity index (χ4n) is 1.82. The van der Waals surface area contributed by atoms with Gasteiger partial charge >= 0.3 is 12.1 Å². The molecule has 0 aliphatic carbocycles. The summed E-state index contributed by atoms with van der Waals surface area (Å²) < 4.78 is 26.2. The molecule has 11 heteroatoms. The van der Waals surface area contributed by atoms with Crippen LogP contribution in [0.15, 0.2) is 5.11 Å². The topological polar surface area (TPSA) is 132 Å². The summed E-state index contributed by atoms with van der Waals surface area (Å²) in [6.45, 7) is 7.03. The Morgan fingerprint density at radius 2 is 1.68 bits per heavy atom. The normalized spacial score (nSPS) is 12.0. The minimum atomic E-state index is -0.618. The van der Waals surface area contributed by atoms with Crippen molar-refractivity contribution in [1.82, 2.24) is 4.90 Å². The highest BCUT2D eigenvalue weighted by atomic mass is 16.6. The van der Waals surface area contributed by atoms with Crippen LogP contribution in [-0.2, 0) is 28.5 Å². The molecule has 0 radical (unpaired) electrons. The van der Waals surface area contributed by atoms with Crippen molar-refractivity contribution < 1.29 is 33.3 Å². The predicted octanol–water partition coefficient (Wildman–Crippen LogP) is 2.15. The molecule has 0 aromatic carbocycles. The first-order chi connectivity index (χ1) is 13.2. The molecular formula is C17H32N4O7. The summed E-state index contributed by atoms with van der Waals surface area (Å²) in [6, 6.07) is -0.393. The number of methoxy groups -OCH3 is 1. The van der Waals surface area contributed by atoms with Gasteiger partial charge in [0.1, 0.15) is 5.60 Å². The number of carbonyl (C=O) groups excluding carboxylic acids is 2. The molecule has 28 heavy (non-hydrogen) atoms.